The second-order valence-electron chi connectivity index (χ2n) is 4.85. The lowest BCUT2D eigenvalue weighted by Crippen LogP contribution is -2.37. The van der Waals surface area contributed by atoms with Crippen molar-refractivity contribution in [3.05, 3.63) is 34.1 Å². The van der Waals surface area contributed by atoms with Crippen molar-refractivity contribution in [1.29, 1.82) is 0 Å². The van der Waals surface area contributed by atoms with Crippen molar-refractivity contribution in [1.82, 2.24) is 10.2 Å². The average molecular weight is 329 g/mol. The van der Waals surface area contributed by atoms with Crippen LogP contribution in [-0.4, -0.2) is 37.0 Å². The van der Waals surface area contributed by atoms with Gasteiger partial charge in [0.15, 0.2) is 0 Å². The Labute approximate surface area is 121 Å². The van der Waals surface area contributed by atoms with Crippen LogP contribution < -0.4 is 5.32 Å². The number of carbonyl (C=O) groups excluding carboxylic acids is 1. The summed E-state index contributed by atoms with van der Waals surface area (Å²) in [5.74, 6) is -0.528. The zero-order valence-corrected chi connectivity index (χ0v) is 12.5. The van der Waals surface area contributed by atoms with Crippen molar-refractivity contribution in [2.45, 2.75) is 25.3 Å². The topological polar surface area (TPSA) is 32.3 Å². The minimum absolute atomic E-state index is 0.127. The molecule has 0 radical (unpaired) electrons. The van der Waals surface area contributed by atoms with E-state index in [2.05, 4.69) is 21.2 Å². The van der Waals surface area contributed by atoms with Crippen molar-refractivity contribution in [3.63, 3.8) is 0 Å². The first-order valence-electron chi connectivity index (χ1n) is 6.53. The summed E-state index contributed by atoms with van der Waals surface area (Å²) < 4.78 is 13.7. The second kappa shape index (κ2) is 6.48. The number of amides is 1. The first-order valence-corrected chi connectivity index (χ1v) is 7.32. The molecular formula is C14H18BrFN2O. The molecule has 1 aliphatic heterocycles. The summed E-state index contributed by atoms with van der Waals surface area (Å²) in [5, 5.41) is 3.32. The third kappa shape index (κ3) is 3.34. The first-order chi connectivity index (χ1) is 9.11. The third-order valence-electron chi connectivity index (χ3n) is 3.60. The van der Waals surface area contributed by atoms with Gasteiger partial charge in [-0.15, -0.1) is 0 Å². The normalized spacial score (nSPS) is 19.8. The van der Waals surface area contributed by atoms with Crippen LogP contribution in [0.1, 0.15) is 29.6 Å². The van der Waals surface area contributed by atoms with E-state index in [4.69, 9.17) is 0 Å². The number of benzene rings is 1. The van der Waals surface area contributed by atoms with Crippen LogP contribution in [0.4, 0.5) is 4.39 Å². The number of halogens is 2. The van der Waals surface area contributed by atoms with E-state index in [1.807, 2.05) is 0 Å². The Bertz CT molecular complexity index is 459. The molecular weight excluding hydrogens is 311 g/mol. The fourth-order valence-corrected chi connectivity index (χ4v) is 2.85. The Morgan fingerprint density at radius 1 is 1.42 bits per heavy atom. The lowest BCUT2D eigenvalue weighted by Gasteiger charge is -2.27. The molecule has 1 aliphatic rings. The van der Waals surface area contributed by atoms with Gasteiger partial charge in [0.05, 0.1) is 10.0 Å². The summed E-state index contributed by atoms with van der Waals surface area (Å²) in [6.07, 6.45) is 2.99. The largest absolute Gasteiger partial charge is 0.339 e. The maximum Gasteiger partial charge on any atom is 0.255 e. The number of nitrogens with zero attached hydrogens (tertiary/aromatic N) is 1. The highest BCUT2D eigenvalue weighted by Crippen LogP contribution is 2.23. The molecule has 1 fully saturated rings. The number of rotatable bonds is 2. The summed E-state index contributed by atoms with van der Waals surface area (Å²) in [6, 6.07) is 4.78. The Morgan fingerprint density at radius 2 is 2.21 bits per heavy atom. The molecule has 1 N–H and O–H groups in total. The van der Waals surface area contributed by atoms with E-state index in [-0.39, 0.29) is 16.4 Å². The predicted molar refractivity (Wildman–Crippen MR) is 76.7 cm³/mol. The highest BCUT2D eigenvalue weighted by molar-refractivity contribution is 9.10. The van der Waals surface area contributed by atoms with Gasteiger partial charge in [0.2, 0.25) is 0 Å². The Kier molecular flexibility index (Phi) is 4.93. The summed E-state index contributed by atoms with van der Waals surface area (Å²) >= 11 is 3.15. The molecule has 1 aromatic carbocycles. The van der Waals surface area contributed by atoms with Crippen LogP contribution in [0.15, 0.2) is 22.7 Å². The van der Waals surface area contributed by atoms with Crippen molar-refractivity contribution in [3.8, 4) is 0 Å². The van der Waals surface area contributed by atoms with Crippen LogP contribution in [0.25, 0.3) is 0 Å². The molecule has 1 unspecified atom stereocenters. The van der Waals surface area contributed by atoms with Crippen LogP contribution in [-0.2, 0) is 0 Å². The molecule has 1 saturated heterocycles. The van der Waals surface area contributed by atoms with Gasteiger partial charge in [0, 0.05) is 13.1 Å². The quantitative estimate of drug-likeness (QED) is 0.905. The smallest absolute Gasteiger partial charge is 0.255 e. The number of hydrogen-bond acceptors (Lipinski definition) is 2. The average Bonchev–Trinajstić information content (AvgIpc) is 2.69. The highest BCUT2D eigenvalue weighted by atomic mass is 79.9. The van der Waals surface area contributed by atoms with Gasteiger partial charge in [-0.25, -0.2) is 4.39 Å². The zero-order valence-electron chi connectivity index (χ0n) is 11.0. The molecule has 0 bridgehead atoms. The molecule has 1 aromatic rings. The molecule has 2 rings (SSSR count). The van der Waals surface area contributed by atoms with Crippen LogP contribution in [0.2, 0.25) is 0 Å². The molecule has 0 saturated carbocycles. The fourth-order valence-electron chi connectivity index (χ4n) is 2.41. The molecule has 1 atom stereocenters. The van der Waals surface area contributed by atoms with Crippen molar-refractivity contribution in [2.24, 2.45) is 0 Å². The summed E-state index contributed by atoms with van der Waals surface area (Å²) in [7, 11) is 1.80. The van der Waals surface area contributed by atoms with E-state index in [1.54, 1.807) is 24.1 Å². The van der Waals surface area contributed by atoms with Gasteiger partial charge in [-0.1, -0.05) is 6.07 Å². The van der Waals surface area contributed by atoms with E-state index >= 15 is 0 Å². The maximum atomic E-state index is 13.5. The van der Waals surface area contributed by atoms with E-state index in [0.29, 0.717) is 5.56 Å². The predicted octanol–water partition coefficient (Wildman–Crippen LogP) is 2.80. The lowest BCUT2D eigenvalue weighted by molar-refractivity contribution is 0.0719. The Morgan fingerprint density at radius 3 is 3.00 bits per heavy atom. The van der Waals surface area contributed by atoms with Gasteiger partial charge < -0.3 is 10.2 Å². The van der Waals surface area contributed by atoms with Gasteiger partial charge in [-0.05, 0) is 60.4 Å². The van der Waals surface area contributed by atoms with Gasteiger partial charge >= 0.3 is 0 Å². The number of nitrogens with one attached hydrogen (secondary N) is 1. The van der Waals surface area contributed by atoms with E-state index in [1.165, 1.54) is 6.07 Å². The number of hydrogen-bond donors (Lipinski definition) is 1. The molecule has 0 spiro atoms. The maximum absolute atomic E-state index is 13.5. The molecule has 1 heterocycles. The van der Waals surface area contributed by atoms with E-state index in [0.717, 1.165) is 32.4 Å². The standard InChI is InChI=1S/C14H18BrFN2O/c1-18(10-4-3-8-17-9-7-10)14(19)11-5-2-6-12(16)13(11)15/h2,5-6,10,17H,3-4,7-9H2,1H3. The van der Waals surface area contributed by atoms with Crippen LogP contribution in [0.5, 0.6) is 0 Å². The Hall–Kier alpha value is -0.940. The minimum Gasteiger partial charge on any atom is -0.339 e. The van der Waals surface area contributed by atoms with Crippen molar-refractivity contribution >= 4 is 21.8 Å². The van der Waals surface area contributed by atoms with Crippen LogP contribution >= 0.6 is 15.9 Å². The third-order valence-corrected chi connectivity index (χ3v) is 4.40. The summed E-state index contributed by atoms with van der Waals surface area (Å²) in [6.45, 7) is 1.93. The molecule has 0 aromatic heterocycles. The van der Waals surface area contributed by atoms with E-state index < -0.39 is 5.82 Å². The van der Waals surface area contributed by atoms with Gasteiger partial charge in [0.25, 0.3) is 5.91 Å². The molecule has 3 nitrogen and oxygen atoms in total. The van der Waals surface area contributed by atoms with Gasteiger partial charge in [-0.2, -0.15) is 0 Å². The monoisotopic (exact) mass is 328 g/mol. The van der Waals surface area contributed by atoms with Crippen molar-refractivity contribution < 1.29 is 9.18 Å². The molecule has 0 aliphatic carbocycles. The van der Waals surface area contributed by atoms with Gasteiger partial charge in [-0.3, -0.25) is 4.79 Å². The first kappa shape index (κ1) is 14.5. The Balaban J connectivity index is 2.15. The van der Waals surface area contributed by atoms with Crippen LogP contribution in [0.3, 0.4) is 0 Å². The van der Waals surface area contributed by atoms with Gasteiger partial charge in [0.1, 0.15) is 5.82 Å². The molecule has 104 valence electrons. The fraction of sp³-hybridized carbons (Fsp3) is 0.500. The van der Waals surface area contributed by atoms with Crippen LogP contribution in [0, 0.1) is 5.82 Å². The molecule has 5 heteroatoms. The zero-order chi connectivity index (χ0) is 13.8. The lowest BCUT2D eigenvalue weighted by atomic mass is 10.1. The summed E-state index contributed by atoms with van der Waals surface area (Å²) in [5.41, 5.74) is 0.389. The highest BCUT2D eigenvalue weighted by Gasteiger charge is 2.24. The molecule has 1 amide bonds. The summed E-state index contributed by atoms with van der Waals surface area (Å²) in [4.78, 5) is 14.2. The van der Waals surface area contributed by atoms with Crippen molar-refractivity contribution in [2.75, 3.05) is 20.1 Å². The minimum atomic E-state index is -0.401. The second-order valence-corrected chi connectivity index (χ2v) is 5.65. The number of carbonyl (C=O) groups is 1. The SMILES string of the molecule is CN(C(=O)c1cccc(F)c1Br)C1CCCNCC1. The molecule has 19 heavy (non-hydrogen) atoms. The van der Waals surface area contributed by atoms with E-state index in [9.17, 15) is 9.18 Å².